The highest BCUT2D eigenvalue weighted by Gasteiger charge is 2.26. The van der Waals surface area contributed by atoms with Crippen LogP contribution in [0.4, 0.5) is 5.82 Å². The van der Waals surface area contributed by atoms with E-state index in [9.17, 15) is 4.79 Å². The van der Waals surface area contributed by atoms with Crippen molar-refractivity contribution in [3.63, 3.8) is 0 Å². The Labute approximate surface area is 176 Å². The lowest BCUT2D eigenvalue weighted by Crippen LogP contribution is -2.43. The Hall–Kier alpha value is -3.48. The fourth-order valence-electron chi connectivity index (χ4n) is 3.63. The first-order chi connectivity index (χ1) is 14.7. The van der Waals surface area contributed by atoms with E-state index in [1.807, 2.05) is 54.6 Å². The van der Waals surface area contributed by atoms with Gasteiger partial charge in [-0.2, -0.15) is 0 Å². The summed E-state index contributed by atoms with van der Waals surface area (Å²) in [6, 6.07) is 17.4. The third kappa shape index (κ3) is 4.74. The molecule has 0 bridgehead atoms. The van der Waals surface area contributed by atoms with Gasteiger partial charge >= 0.3 is 0 Å². The molecule has 0 aliphatic carbocycles. The van der Waals surface area contributed by atoms with Crippen molar-refractivity contribution >= 4 is 11.7 Å². The van der Waals surface area contributed by atoms with Crippen molar-refractivity contribution in [3.8, 4) is 17.0 Å². The van der Waals surface area contributed by atoms with Crippen LogP contribution in [0.1, 0.15) is 18.5 Å². The smallest absolute Gasteiger partial charge is 0.225 e. The molecule has 154 valence electrons. The Balaban J connectivity index is 1.37. The van der Waals surface area contributed by atoms with Crippen LogP contribution < -0.4 is 15.0 Å². The van der Waals surface area contributed by atoms with Gasteiger partial charge in [-0.3, -0.25) is 9.78 Å². The number of methoxy groups -OCH3 is 1. The summed E-state index contributed by atoms with van der Waals surface area (Å²) in [5.41, 5.74) is 2.65. The standard InChI is InChI=1S/C23H25N5O2/c1-30-20-9-7-17(8-10-20)21-11-12-22(27-26-21)28-14-4-5-18(16-28)23(29)25-15-19-6-2-3-13-24-19/h2-3,6-13,18H,4-5,14-16H2,1H3,(H,25,29). The summed E-state index contributed by atoms with van der Waals surface area (Å²) >= 11 is 0. The molecule has 1 unspecified atom stereocenters. The second-order valence-electron chi connectivity index (χ2n) is 7.33. The van der Waals surface area contributed by atoms with Crippen molar-refractivity contribution in [1.82, 2.24) is 20.5 Å². The van der Waals surface area contributed by atoms with Crippen LogP contribution in [0.15, 0.2) is 60.8 Å². The zero-order valence-electron chi connectivity index (χ0n) is 17.0. The summed E-state index contributed by atoms with van der Waals surface area (Å²) in [5.74, 6) is 1.61. The Morgan fingerprint density at radius 1 is 1.13 bits per heavy atom. The first-order valence-electron chi connectivity index (χ1n) is 10.1. The summed E-state index contributed by atoms with van der Waals surface area (Å²) in [7, 11) is 1.65. The van der Waals surface area contributed by atoms with E-state index in [0.29, 0.717) is 13.1 Å². The third-order valence-corrected chi connectivity index (χ3v) is 5.32. The van der Waals surface area contributed by atoms with Gasteiger partial charge in [-0.05, 0) is 61.4 Å². The second kappa shape index (κ2) is 9.35. The zero-order valence-corrected chi connectivity index (χ0v) is 17.0. The molecule has 7 nitrogen and oxygen atoms in total. The van der Waals surface area contributed by atoms with Crippen LogP contribution in [0, 0.1) is 5.92 Å². The van der Waals surface area contributed by atoms with Gasteiger partial charge in [0.25, 0.3) is 0 Å². The molecular formula is C23H25N5O2. The lowest BCUT2D eigenvalue weighted by Gasteiger charge is -2.32. The summed E-state index contributed by atoms with van der Waals surface area (Å²) < 4.78 is 5.20. The van der Waals surface area contributed by atoms with Gasteiger partial charge in [-0.1, -0.05) is 6.07 Å². The predicted octanol–water partition coefficient (Wildman–Crippen LogP) is 3.08. The number of carbonyl (C=O) groups excluding carboxylic acids is 1. The second-order valence-corrected chi connectivity index (χ2v) is 7.33. The maximum atomic E-state index is 12.6. The molecule has 0 radical (unpaired) electrons. The maximum absolute atomic E-state index is 12.6. The van der Waals surface area contributed by atoms with E-state index in [2.05, 4.69) is 25.4 Å². The largest absolute Gasteiger partial charge is 0.497 e. The minimum absolute atomic E-state index is 0.0631. The van der Waals surface area contributed by atoms with Crippen LogP contribution >= 0.6 is 0 Å². The normalized spacial score (nSPS) is 16.2. The average molecular weight is 403 g/mol. The molecule has 1 N–H and O–H groups in total. The fraction of sp³-hybridized carbons (Fsp3) is 0.304. The number of benzene rings is 1. The van der Waals surface area contributed by atoms with Gasteiger partial charge in [0.15, 0.2) is 5.82 Å². The number of amides is 1. The highest BCUT2D eigenvalue weighted by Crippen LogP contribution is 2.24. The Kier molecular flexibility index (Phi) is 6.17. The topological polar surface area (TPSA) is 80.2 Å². The molecule has 1 aliphatic rings. The van der Waals surface area contributed by atoms with Crippen molar-refractivity contribution in [2.45, 2.75) is 19.4 Å². The number of nitrogens with one attached hydrogen (secondary N) is 1. The molecule has 3 aromatic rings. The first kappa shape index (κ1) is 19.8. The molecule has 2 aromatic heterocycles. The first-order valence-corrected chi connectivity index (χ1v) is 10.1. The average Bonchev–Trinajstić information content (AvgIpc) is 2.83. The molecule has 3 heterocycles. The van der Waals surface area contributed by atoms with Gasteiger partial charge in [0, 0.05) is 24.8 Å². The molecule has 1 atom stereocenters. The Bertz CT molecular complexity index is 961. The van der Waals surface area contributed by atoms with Gasteiger partial charge in [-0.15, -0.1) is 10.2 Å². The molecule has 7 heteroatoms. The Morgan fingerprint density at radius 2 is 2.00 bits per heavy atom. The lowest BCUT2D eigenvalue weighted by molar-refractivity contribution is -0.125. The van der Waals surface area contributed by atoms with Crippen molar-refractivity contribution in [2.24, 2.45) is 5.92 Å². The molecule has 0 saturated carbocycles. The van der Waals surface area contributed by atoms with E-state index in [4.69, 9.17) is 4.74 Å². The van der Waals surface area contributed by atoms with Crippen molar-refractivity contribution < 1.29 is 9.53 Å². The predicted molar refractivity (Wildman–Crippen MR) is 115 cm³/mol. The van der Waals surface area contributed by atoms with Crippen LogP contribution in [0.2, 0.25) is 0 Å². The molecule has 1 fully saturated rings. The van der Waals surface area contributed by atoms with Gasteiger partial charge in [0.2, 0.25) is 5.91 Å². The van der Waals surface area contributed by atoms with Gasteiger partial charge < -0.3 is 15.0 Å². The number of hydrogen-bond acceptors (Lipinski definition) is 6. The number of aromatic nitrogens is 3. The highest BCUT2D eigenvalue weighted by atomic mass is 16.5. The zero-order chi connectivity index (χ0) is 20.8. The molecule has 30 heavy (non-hydrogen) atoms. The number of carbonyl (C=O) groups is 1. The molecule has 1 aromatic carbocycles. The number of rotatable bonds is 6. The van der Waals surface area contributed by atoms with E-state index in [1.165, 1.54) is 0 Å². The van der Waals surface area contributed by atoms with Crippen molar-refractivity contribution in [2.75, 3.05) is 25.1 Å². The van der Waals surface area contributed by atoms with Crippen LogP contribution in [0.5, 0.6) is 5.75 Å². The number of piperidine rings is 1. The molecule has 1 amide bonds. The quantitative estimate of drug-likeness (QED) is 0.681. The summed E-state index contributed by atoms with van der Waals surface area (Å²) in [5, 5.41) is 11.8. The summed E-state index contributed by atoms with van der Waals surface area (Å²) in [4.78, 5) is 19.0. The molecule has 1 saturated heterocycles. The number of ether oxygens (including phenoxy) is 1. The number of anilines is 1. The monoisotopic (exact) mass is 403 g/mol. The van der Waals surface area contributed by atoms with Gasteiger partial charge in [0.05, 0.1) is 31.0 Å². The Morgan fingerprint density at radius 3 is 2.70 bits per heavy atom. The third-order valence-electron chi connectivity index (χ3n) is 5.32. The SMILES string of the molecule is COc1ccc(-c2ccc(N3CCCC(C(=O)NCc4ccccn4)C3)nn2)cc1. The number of hydrogen-bond donors (Lipinski definition) is 1. The van der Waals surface area contributed by atoms with Gasteiger partial charge in [-0.25, -0.2) is 0 Å². The van der Waals surface area contributed by atoms with Crippen LogP contribution in [0.25, 0.3) is 11.3 Å². The minimum atomic E-state index is -0.0643. The minimum Gasteiger partial charge on any atom is -0.497 e. The number of nitrogens with zero attached hydrogens (tertiary/aromatic N) is 4. The molecule has 1 aliphatic heterocycles. The van der Waals surface area contributed by atoms with Gasteiger partial charge in [0.1, 0.15) is 5.75 Å². The number of pyridine rings is 1. The summed E-state index contributed by atoms with van der Waals surface area (Å²) in [6.45, 7) is 1.97. The lowest BCUT2D eigenvalue weighted by atomic mass is 9.97. The highest BCUT2D eigenvalue weighted by molar-refractivity contribution is 5.79. The molecular weight excluding hydrogens is 378 g/mol. The van der Waals surface area contributed by atoms with E-state index >= 15 is 0 Å². The maximum Gasteiger partial charge on any atom is 0.225 e. The van der Waals surface area contributed by atoms with Crippen molar-refractivity contribution in [1.29, 1.82) is 0 Å². The van der Waals surface area contributed by atoms with E-state index < -0.39 is 0 Å². The molecule has 0 spiro atoms. The summed E-state index contributed by atoms with van der Waals surface area (Å²) in [6.07, 6.45) is 3.56. The van der Waals surface area contributed by atoms with Crippen LogP contribution in [-0.4, -0.2) is 41.3 Å². The van der Waals surface area contributed by atoms with Crippen LogP contribution in [0.3, 0.4) is 0 Å². The van der Waals surface area contributed by atoms with Crippen molar-refractivity contribution in [3.05, 3.63) is 66.5 Å². The van der Waals surface area contributed by atoms with E-state index in [0.717, 1.165) is 47.9 Å². The fourth-order valence-corrected chi connectivity index (χ4v) is 3.63. The molecule has 4 rings (SSSR count). The van der Waals surface area contributed by atoms with E-state index in [1.54, 1.807) is 13.3 Å². The van der Waals surface area contributed by atoms with Crippen LogP contribution in [-0.2, 0) is 11.3 Å². The van der Waals surface area contributed by atoms with E-state index in [-0.39, 0.29) is 11.8 Å².